The first-order valence-corrected chi connectivity index (χ1v) is 10.3. The fraction of sp³-hybridized carbons (Fsp3) is 0.348. The summed E-state index contributed by atoms with van der Waals surface area (Å²) in [6, 6.07) is 16.9. The van der Waals surface area contributed by atoms with Gasteiger partial charge in [0.25, 0.3) is 0 Å². The van der Waals surface area contributed by atoms with E-state index in [1.54, 1.807) is 0 Å². The number of benzene rings is 2. The van der Waals surface area contributed by atoms with Crippen LogP contribution in [-0.4, -0.2) is 48.1 Å². The lowest BCUT2D eigenvalue weighted by Gasteiger charge is -2.16. The number of H-pyrrole nitrogens is 1. The minimum Gasteiger partial charge on any atom is -0.454 e. The van der Waals surface area contributed by atoms with Gasteiger partial charge in [0.15, 0.2) is 11.5 Å². The summed E-state index contributed by atoms with van der Waals surface area (Å²) in [7, 11) is 0. The summed E-state index contributed by atoms with van der Waals surface area (Å²) in [5.74, 6) is 2.26. The van der Waals surface area contributed by atoms with Gasteiger partial charge >= 0.3 is 0 Å². The molecule has 6 nitrogen and oxygen atoms in total. The van der Waals surface area contributed by atoms with Crippen LogP contribution in [0.3, 0.4) is 0 Å². The van der Waals surface area contributed by atoms with Crippen LogP contribution in [0.5, 0.6) is 11.5 Å². The third-order valence-electron chi connectivity index (χ3n) is 5.84. The van der Waals surface area contributed by atoms with Crippen LogP contribution < -0.4 is 14.8 Å². The Morgan fingerprint density at radius 3 is 2.93 bits per heavy atom. The molecule has 1 aromatic heterocycles. The number of hydrogen-bond donors (Lipinski definition) is 2. The molecule has 3 aromatic rings. The summed E-state index contributed by atoms with van der Waals surface area (Å²) in [4.78, 5) is 2.55. The number of aromatic nitrogens is 2. The first-order chi connectivity index (χ1) is 14.4. The third kappa shape index (κ3) is 3.99. The van der Waals surface area contributed by atoms with Gasteiger partial charge in [0, 0.05) is 37.3 Å². The molecule has 0 bridgehead atoms. The van der Waals surface area contributed by atoms with Crippen molar-refractivity contribution in [1.29, 1.82) is 0 Å². The van der Waals surface area contributed by atoms with Gasteiger partial charge < -0.3 is 19.7 Å². The van der Waals surface area contributed by atoms with Crippen molar-refractivity contribution in [2.24, 2.45) is 0 Å². The van der Waals surface area contributed by atoms with Crippen molar-refractivity contribution in [3.05, 3.63) is 65.9 Å². The van der Waals surface area contributed by atoms with E-state index in [9.17, 15) is 0 Å². The molecular weight excluding hydrogens is 364 g/mol. The van der Waals surface area contributed by atoms with Gasteiger partial charge in [-0.15, -0.1) is 0 Å². The average Bonchev–Trinajstić information content (AvgIpc) is 3.52. The Morgan fingerprint density at radius 2 is 2.00 bits per heavy atom. The Balaban J connectivity index is 1.12. The van der Waals surface area contributed by atoms with E-state index in [1.807, 2.05) is 24.4 Å². The average molecular weight is 390 g/mol. The first kappa shape index (κ1) is 18.2. The van der Waals surface area contributed by atoms with Gasteiger partial charge in [0.1, 0.15) is 0 Å². The Kier molecular flexibility index (Phi) is 5.19. The minimum atomic E-state index is 0.289. The standard InChI is InChI=1S/C23H26N4O2/c1-2-4-17(5-3-1)19-8-10-27(15-19)11-9-24-13-20-14-25-26-23(20)18-6-7-21-22(12-18)29-16-28-21/h1-7,12,14,19,24H,8-11,13,15-16H2,(H,25,26)/t19-/m1/s1. The van der Waals surface area contributed by atoms with E-state index in [-0.39, 0.29) is 6.79 Å². The van der Waals surface area contributed by atoms with E-state index < -0.39 is 0 Å². The van der Waals surface area contributed by atoms with Gasteiger partial charge in [0.2, 0.25) is 6.79 Å². The van der Waals surface area contributed by atoms with Gasteiger partial charge in [-0.1, -0.05) is 30.3 Å². The van der Waals surface area contributed by atoms with Crippen LogP contribution in [0.2, 0.25) is 0 Å². The molecule has 2 N–H and O–H groups in total. The zero-order chi connectivity index (χ0) is 19.5. The Bertz CT molecular complexity index is 957. The fourth-order valence-corrected chi connectivity index (χ4v) is 4.24. The number of ether oxygens (including phenoxy) is 2. The number of aromatic amines is 1. The van der Waals surface area contributed by atoms with Crippen LogP contribution in [0.15, 0.2) is 54.7 Å². The Hall–Kier alpha value is -2.83. The van der Waals surface area contributed by atoms with E-state index in [2.05, 4.69) is 50.7 Å². The molecule has 1 fully saturated rings. The number of rotatable bonds is 7. The highest BCUT2D eigenvalue weighted by Crippen LogP contribution is 2.36. The molecule has 3 heterocycles. The van der Waals surface area contributed by atoms with Crippen molar-refractivity contribution in [3.8, 4) is 22.8 Å². The largest absolute Gasteiger partial charge is 0.454 e. The predicted octanol–water partition coefficient (Wildman–Crippen LogP) is 3.38. The van der Waals surface area contributed by atoms with Crippen molar-refractivity contribution >= 4 is 0 Å². The van der Waals surface area contributed by atoms with Crippen molar-refractivity contribution in [2.45, 2.75) is 18.9 Å². The smallest absolute Gasteiger partial charge is 0.231 e. The summed E-state index contributed by atoms with van der Waals surface area (Å²) in [5, 5.41) is 10.9. The summed E-state index contributed by atoms with van der Waals surface area (Å²) in [6.45, 7) is 5.44. The maximum absolute atomic E-state index is 5.50. The van der Waals surface area contributed by atoms with Crippen molar-refractivity contribution in [1.82, 2.24) is 20.4 Å². The van der Waals surface area contributed by atoms with E-state index in [4.69, 9.17) is 9.47 Å². The number of likely N-dealkylation sites (tertiary alicyclic amines) is 1. The second-order valence-corrected chi connectivity index (χ2v) is 7.71. The summed E-state index contributed by atoms with van der Waals surface area (Å²) >= 11 is 0. The molecule has 2 aliphatic rings. The van der Waals surface area contributed by atoms with Gasteiger partial charge in [-0.05, 0) is 42.6 Å². The molecular formula is C23H26N4O2. The molecule has 0 unspecified atom stereocenters. The molecule has 29 heavy (non-hydrogen) atoms. The molecule has 1 atom stereocenters. The highest BCUT2D eigenvalue weighted by molar-refractivity contribution is 5.66. The molecule has 0 saturated carbocycles. The Morgan fingerprint density at radius 1 is 1.10 bits per heavy atom. The lowest BCUT2D eigenvalue weighted by molar-refractivity contribution is 0.174. The molecule has 0 spiro atoms. The van der Waals surface area contributed by atoms with Gasteiger partial charge in [-0.25, -0.2) is 0 Å². The molecule has 2 aliphatic heterocycles. The Labute approximate surface area is 170 Å². The molecule has 6 heteroatoms. The number of nitrogens with one attached hydrogen (secondary N) is 2. The van der Waals surface area contributed by atoms with Crippen LogP contribution in [0.25, 0.3) is 11.3 Å². The maximum Gasteiger partial charge on any atom is 0.231 e. The zero-order valence-corrected chi connectivity index (χ0v) is 16.4. The zero-order valence-electron chi connectivity index (χ0n) is 16.4. The van der Waals surface area contributed by atoms with Gasteiger partial charge in [-0.2, -0.15) is 5.10 Å². The first-order valence-electron chi connectivity index (χ1n) is 10.3. The fourth-order valence-electron chi connectivity index (χ4n) is 4.24. The second-order valence-electron chi connectivity index (χ2n) is 7.71. The normalized spacial score (nSPS) is 18.4. The topological polar surface area (TPSA) is 62.4 Å². The number of hydrogen-bond acceptors (Lipinski definition) is 5. The summed E-state index contributed by atoms with van der Waals surface area (Å²) in [6.07, 6.45) is 3.15. The second kappa shape index (κ2) is 8.27. The molecule has 150 valence electrons. The third-order valence-corrected chi connectivity index (χ3v) is 5.84. The van der Waals surface area contributed by atoms with Gasteiger partial charge in [0.05, 0.1) is 11.9 Å². The van der Waals surface area contributed by atoms with E-state index >= 15 is 0 Å². The molecule has 1 saturated heterocycles. The van der Waals surface area contributed by atoms with Crippen molar-refractivity contribution < 1.29 is 9.47 Å². The maximum atomic E-state index is 5.50. The van der Waals surface area contributed by atoms with Crippen molar-refractivity contribution in [2.75, 3.05) is 33.0 Å². The summed E-state index contributed by atoms with van der Waals surface area (Å²) in [5.41, 5.74) is 4.72. The quantitative estimate of drug-likeness (QED) is 0.606. The van der Waals surface area contributed by atoms with Crippen LogP contribution >= 0.6 is 0 Å². The number of fused-ring (bicyclic) bond motifs is 1. The molecule has 0 radical (unpaired) electrons. The molecule has 0 aliphatic carbocycles. The van der Waals surface area contributed by atoms with Crippen LogP contribution in [0.4, 0.5) is 0 Å². The highest BCUT2D eigenvalue weighted by atomic mass is 16.7. The van der Waals surface area contributed by atoms with Crippen LogP contribution in [-0.2, 0) is 6.54 Å². The van der Waals surface area contributed by atoms with Crippen LogP contribution in [0.1, 0.15) is 23.5 Å². The monoisotopic (exact) mass is 390 g/mol. The molecule has 0 amide bonds. The predicted molar refractivity (Wildman–Crippen MR) is 112 cm³/mol. The lowest BCUT2D eigenvalue weighted by Crippen LogP contribution is -2.30. The lowest BCUT2D eigenvalue weighted by atomic mass is 9.99. The molecule has 5 rings (SSSR count). The molecule has 2 aromatic carbocycles. The van der Waals surface area contributed by atoms with Crippen molar-refractivity contribution in [3.63, 3.8) is 0 Å². The van der Waals surface area contributed by atoms with E-state index in [1.165, 1.54) is 18.5 Å². The van der Waals surface area contributed by atoms with Crippen LogP contribution in [0, 0.1) is 0 Å². The minimum absolute atomic E-state index is 0.289. The van der Waals surface area contributed by atoms with Gasteiger partial charge in [-0.3, -0.25) is 5.10 Å². The van der Waals surface area contributed by atoms with E-state index in [0.29, 0.717) is 5.92 Å². The highest BCUT2D eigenvalue weighted by Gasteiger charge is 2.23. The number of nitrogens with zero attached hydrogens (tertiary/aromatic N) is 2. The van der Waals surface area contributed by atoms with E-state index in [0.717, 1.165) is 54.5 Å². The SMILES string of the molecule is c1ccc([C@@H]2CCN(CCNCc3cn[nH]c3-c3ccc4c(c3)OCO4)C2)cc1. The summed E-state index contributed by atoms with van der Waals surface area (Å²) < 4.78 is 10.9.